The first-order valence-electron chi connectivity index (χ1n) is 9.24. The summed E-state index contributed by atoms with van der Waals surface area (Å²) in [5, 5.41) is 18.8. The number of carbonyl (C=O) groups is 1. The zero-order valence-electron chi connectivity index (χ0n) is 15.3. The Morgan fingerprint density at radius 1 is 1.26 bits per heavy atom. The van der Waals surface area contributed by atoms with Gasteiger partial charge in [0.05, 0.1) is 48.9 Å². The summed E-state index contributed by atoms with van der Waals surface area (Å²) in [6.45, 7) is 4.28. The van der Waals surface area contributed by atoms with Crippen LogP contribution < -0.4 is 0 Å². The van der Waals surface area contributed by atoms with Gasteiger partial charge in [0.2, 0.25) is 0 Å². The highest BCUT2D eigenvalue weighted by atomic mass is 16.3. The quantitative estimate of drug-likeness (QED) is 0.752. The van der Waals surface area contributed by atoms with Gasteiger partial charge in [-0.2, -0.15) is 10.2 Å². The molecule has 27 heavy (non-hydrogen) atoms. The number of benzene rings is 1. The summed E-state index contributed by atoms with van der Waals surface area (Å²) in [4.78, 5) is 14.7. The molecule has 0 aliphatic carbocycles. The number of aliphatic hydroxyl groups is 1. The van der Waals surface area contributed by atoms with Gasteiger partial charge in [-0.25, -0.2) is 0 Å². The Balaban J connectivity index is 1.45. The SMILES string of the molecule is CC[C@H](O)c1cc2n(n1)CCN(C(=O)c1cnn(Cc3ccccc3)c1)C2. The predicted octanol–water partition coefficient (Wildman–Crippen LogP) is 2.23. The molecule has 3 aromatic rings. The fourth-order valence-electron chi connectivity index (χ4n) is 3.35. The van der Waals surface area contributed by atoms with Crippen LogP contribution >= 0.6 is 0 Å². The molecule has 7 nitrogen and oxygen atoms in total. The van der Waals surface area contributed by atoms with Gasteiger partial charge in [0.1, 0.15) is 0 Å². The molecule has 0 unspecified atom stereocenters. The highest BCUT2D eigenvalue weighted by Gasteiger charge is 2.25. The molecule has 0 bridgehead atoms. The van der Waals surface area contributed by atoms with E-state index in [1.165, 1.54) is 0 Å². The summed E-state index contributed by atoms with van der Waals surface area (Å²) in [6, 6.07) is 11.9. The first-order valence-corrected chi connectivity index (χ1v) is 9.24. The summed E-state index contributed by atoms with van der Waals surface area (Å²) in [6.07, 6.45) is 3.50. The lowest BCUT2D eigenvalue weighted by Gasteiger charge is -2.27. The minimum absolute atomic E-state index is 0.0284. The van der Waals surface area contributed by atoms with Crippen LogP contribution in [0.4, 0.5) is 0 Å². The number of hydrogen-bond acceptors (Lipinski definition) is 4. The molecule has 0 spiro atoms. The lowest BCUT2D eigenvalue weighted by molar-refractivity contribution is 0.0705. The molecule has 1 amide bonds. The standard InChI is InChI=1S/C20H23N5O2/c1-2-19(26)18-10-17-14-23(8-9-25(17)22-18)20(27)16-11-21-24(13-16)12-15-6-4-3-5-7-15/h3-7,10-11,13,19,26H,2,8-9,12,14H2,1H3/t19-/m0/s1. The number of amides is 1. The zero-order valence-corrected chi connectivity index (χ0v) is 15.3. The zero-order chi connectivity index (χ0) is 18.8. The maximum atomic E-state index is 12.9. The van der Waals surface area contributed by atoms with Gasteiger partial charge in [-0.1, -0.05) is 37.3 Å². The molecule has 1 atom stereocenters. The molecule has 0 fully saturated rings. The van der Waals surface area contributed by atoms with Crippen LogP contribution in [-0.2, 0) is 19.6 Å². The van der Waals surface area contributed by atoms with Crippen molar-refractivity contribution in [3.05, 3.63) is 71.3 Å². The van der Waals surface area contributed by atoms with Gasteiger partial charge in [-0.15, -0.1) is 0 Å². The summed E-state index contributed by atoms with van der Waals surface area (Å²) < 4.78 is 3.67. The maximum Gasteiger partial charge on any atom is 0.257 e. The van der Waals surface area contributed by atoms with E-state index in [4.69, 9.17) is 0 Å². The number of hydrogen-bond donors (Lipinski definition) is 1. The van der Waals surface area contributed by atoms with Crippen LogP contribution in [-0.4, -0.2) is 42.0 Å². The van der Waals surface area contributed by atoms with Crippen molar-refractivity contribution in [3.8, 4) is 0 Å². The second-order valence-electron chi connectivity index (χ2n) is 6.85. The Kier molecular flexibility index (Phi) is 4.77. The van der Waals surface area contributed by atoms with E-state index in [1.807, 2.05) is 52.9 Å². The van der Waals surface area contributed by atoms with Crippen molar-refractivity contribution in [1.29, 1.82) is 0 Å². The van der Waals surface area contributed by atoms with Gasteiger partial charge >= 0.3 is 0 Å². The molecule has 1 N–H and O–H groups in total. The van der Waals surface area contributed by atoms with Crippen LogP contribution in [0.3, 0.4) is 0 Å². The van der Waals surface area contributed by atoms with E-state index in [9.17, 15) is 9.90 Å². The summed E-state index contributed by atoms with van der Waals surface area (Å²) >= 11 is 0. The molecular weight excluding hydrogens is 342 g/mol. The molecule has 1 aromatic carbocycles. The van der Waals surface area contributed by atoms with Crippen molar-refractivity contribution in [2.24, 2.45) is 0 Å². The largest absolute Gasteiger partial charge is 0.387 e. The number of fused-ring (bicyclic) bond motifs is 1. The van der Waals surface area contributed by atoms with Crippen molar-refractivity contribution in [2.45, 2.75) is 39.1 Å². The Morgan fingerprint density at radius 3 is 2.85 bits per heavy atom. The van der Waals surface area contributed by atoms with Crippen molar-refractivity contribution in [3.63, 3.8) is 0 Å². The lowest BCUT2D eigenvalue weighted by Crippen LogP contribution is -2.38. The third-order valence-corrected chi connectivity index (χ3v) is 4.90. The van der Waals surface area contributed by atoms with E-state index in [2.05, 4.69) is 10.2 Å². The van der Waals surface area contributed by atoms with Crippen molar-refractivity contribution in [2.75, 3.05) is 6.54 Å². The monoisotopic (exact) mass is 365 g/mol. The Hall–Kier alpha value is -2.93. The van der Waals surface area contributed by atoms with Crippen LogP contribution in [0, 0.1) is 0 Å². The van der Waals surface area contributed by atoms with E-state index in [-0.39, 0.29) is 5.91 Å². The van der Waals surface area contributed by atoms with Gasteiger partial charge in [0.25, 0.3) is 5.91 Å². The lowest BCUT2D eigenvalue weighted by atomic mass is 10.2. The maximum absolute atomic E-state index is 12.9. The van der Waals surface area contributed by atoms with Gasteiger partial charge in [-0.05, 0) is 18.1 Å². The first kappa shape index (κ1) is 17.5. The second kappa shape index (κ2) is 7.36. The first-order chi connectivity index (χ1) is 13.1. The average Bonchev–Trinajstić information content (AvgIpc) is 3.34. The fourth-order valence-corrected chi connectivity index (χ4v) is 3.35. The van der Waals surface area contributed by atoms with Crippen LogP contribution in [0.5, 0.6) is 0 Å². The predicted molar refractivity (Wildman–Crippen MR) is 100.0 cm³/mol. The number of nitrogens with zero attached hydrogens (tertiary/aromatic N) is 5. The highest BCUT2D eigenvalue weighted by molar-refractivity contribution is 5.93. The number of rotatable bonds is 5. The smallest absolute Gasteiger partial charge is 0.257 e. The van der Waals surface area contributed by atoms with Gasteiger partial charge in [0.15, 0.2) is 0 Å². The molecule has 3 heterocycles. The molecule has 1 aliphatic rings. The molecule has 0 radical (unpaired) electrons. The molecule has 0 saturated carbocycles. The molecule has 7 heteroatoms. The van der Waals surface area contributed by atoms with Crippen LogP contribution in [0.15, 0.2) is 48.8 Å². The third kappa shape index (κ3) is 3.64. The molecule has 2 aromatic heterocycles. The highest BCUT2D eigenvalue weighted by Crippen LogP contribution is 2.21. The Morgan fingerprint density at radius 2 is 2.07 bits per heavy atom. The summed E-state index contributed by atoms with van der Waals surface area (Å²) in [5.74, 6) is -0.0284. The Bertz CT molecular complexity index is 931. The van der Waals surface area contributed by atoms with E-state index in [0.29, 0.717) is 43.9 Å². The molecule has 1 aliphatic heterocycles. The number of aromatic nitrogens is 4. The summed E-state index contributed by atoms with van der Waals surface area (Å²) in [5.41, 5.74) is 3.36. The van der Waals surface area contributed by atoms with E-state index < -0.39 is 6.10 Å². The van der Waals surface area contributed by atoms with Crippen LogP contribution in [0.25, 0.3) is 0 Å². The van der Waals surface area contributed by atoms with E-state index in [0.717, 1.165) is 11.3 Å². The van der Waals surface area contributed by atoms with E-state index >= 15 is 0 Å². The molecule has 140 valence electrons. The minimum atomic E-state index is -0.552. The van der Waals surface area contributed by atoms with Crippen molar-refractivity contribution in [1.82, 2.24) is 24.5 Å². The second-order valence-corrected chi connectivity index (χ2v) is 6.85. The molecule has 4 rings (SSSR count). The van der Waals surface area contributed by atoms with Gasteiger partial charge < -0.3 is 10.0 Å². The summed E-state index contributed by atoms with van der Waals surface area (Å²) in [7, 11) is 0. The topological polar surface area (TPSA) is 76.2 Å². The van der Waals surface area contributed by atoms with E-state index in [1.54, 1.807) is 17.1 Å². The minimum Gasteiger partial charge on any atom is -0.387 e. The average molecular weight is 365 g/mol. The molecule has 0 saturated heterocycles. The third-order valence-electron chi connectivity index (χ3n) is 4.90. The number of carbonyl (C=O) groups excluding carboxylic acids is 1. The normalized spacial score (nSPS) is 14.8. The Labute approximate surface area is 157 Å². The van der Waals surface area contributed by atoms with Crippen LogP contribution in [0.1, 0.15) is 46.8 Å². The van der Waals surface area contributed by atoms with Gasteiger partial charge in [0, 0.05) is 12.7 Å². The fraction of sp³-hybridized carbons (Fsp3) is 0.350. The number of aliphatic hydroxyl groups excluding tert-OH is 1. The van der Waals surface area contributed by atoms with Crippen molar-refractivity contribution < 1.29 is 9.90 Å². The van der Waals surface area contributed by atoms with Crippen LogP contribution in [0.2, 0.25) is 0 Å². The molecular formula is C20H23N5O2. The van der Waals surface area contributed by atoms with Crippen molar-refractivity contribution >= 4 is 5.91 Å². The van der Waals surface area contributed by atoms with Gasteiger partial charge in [-0.3, -0.25) is 14.2 Å².